The predicted octanol–water partition coefficient (Wildman–Crippen LogP) is 3.90. The average Bonchev–Trinajstić information content (AvgIpc) is 3.29. The van der Waals surface area contributed by atoms with Crippen LogP contribution in [-0.4, -0.2) is 51.7 Å². The number of nitrogens with zero attached hydrogens (tertiary/aromatic N) is 4. The van der Waals surface area contributed by atoms with Crippen molar-refractivity contribution in [1.82, 2.24) is 19.6 Å². The van der Waals surface area contributed by atoms with Crippen LogP contribution in [0.1, 0.15) is 60.6 Å². The van der Waals surface area contributed by atoms with Crippen LogP contribution < -0.4 is 0 Å². The van der Waals surface area contributed by atoms with E-state index in [1.54, 1.807) is 6.20 Å². The summed E-state index contributed by atoms with van der Waals surface area (Å²) in [6.45, 7) is 11.3. The Bertz CT molecular complexity index is 843. The van der Waals surface area contributed by atoms with Gasteiger partial charge in [0.2, 0.25) is 0 Å². The number of rotatable bonds is 4. The van der Waals surface area contributed by atoms with Crippen LogP contribution >= 0.6 is 0 Å². The van der Waals surface area contributed by atoms with E-state index in [9.17, 15) is 4.79 Å². The Balaban J connectivity index is 1.40. The van der Waals surface area contributed by atoms with Crippen LogP contribution in [0.15, 0.2) is 36.7 Å². The van der Waals surface area contributed by atoms with E-state index in [-0.39, 0.29) is 17.4 Å². The van der Waals surface area contributed by atoms with Crippen LogP contribution in [0.25, 0.3) is 0 Å². The molecule has 2 fully saturated rings. The summed E-state index contributed by atoms with van der Waals surface area (Å²) in [5.74, 6) is 0.139. The molecule has 0 unspecified atom stereocenters. The number of piperidine rings is 1. The van der Waals surface area contributed by atoms with Crippen LogP contribution in [0.4, 0.5) is 0 Å². The standard InChI is InChI=1S/C23H32N4O/c1-18(2)27-15-21(13-24-27)22(28)26-11-9-23(17-26)8-5-10-25(16-23)14-20-7-4-6-19(3)12-20/h4,6-7,12-13,15,18H,5,8-11,14,16-17H2,1-3H3/t23-/m0/s1. The molecule has 0 N–H and O–H groups in total. The van der Waals surface area contributed by atoms with Crippen molar-refractivity contribution < 1.29 is 4.79 Å². The molecule has 5 heteroatoms. The van der Waals surface area contributed by atoms with E-state index in [2.05, 4.69) is 59.9 Å². The normalized spacial score (nSPS) is 23.1. The molecule has 1 amide bonds. The monoisotopic (exact) mass is 380 g/mol. The van der Waals surface area contributed by atoms with Crippen molar-refractivity contribution in [2.45, 2.75) is 52.6 Å². The predicted molar refractivity (Wildman–Crippen MR) is 111 cm³/mol. The van der Waals surface area contributed by atoms with Gasteiger partial charge in [0.15, 0.2) is 0 Å². The van der Waals surface area contributed by atoms with Crippen LogP contribution in [0.5, 0.6) is 0 Å². The van der Waals surface area contributed by atoms with Crippen molar-refractivity contribution >= 4 is 5.91 Å². The quantitative estimate of drug-likeness (QED) is 0.808. The van der Waals surface area contributed by atoms with E-state index in [1.165, 1.54) is 24.0 Å². The lowest BCUT2D eigenvalue weighted by atomic mass is 9.79. The Morgan fingerprint density at radius 3 is 2.82 bits per heavy atom. The molecule has 1 spiro atoms. The van der Waals surface area contributed by atoms with Gasteiger partial charge in [-0.3, -0.25) is 14.4 Å². The molecule has 0 aliphatic carbocycles. The average molecular weight is 381 g/mol. The molecule has 4 rings (SSSR count). The minimum atomic E-state index is 0.139. The smallest absolute Gasteiger partial charge is 0.257 e. The highest BCUT2D eigenvalue weighted by molar-refractivity contribution is 5.94. The van der Waals surface area contributed by atoms with E-state index in [1.807, 2.05) is 10.9 Å². The molecule has 5 nitrogen and oxygen atoms in total. The summed E-state index contributed by atoms with van der Waals surface area (Å²) in [6.07, 6.45) is 7.17. The molecular formula is C23H32N4O. The Morgan fingerprint density at radius 2 is 2.07 bits per heavy atom. The summed E-state index contributed by atoms with van der Waals surface area (Å²) < 4.78 is 1.86. The van der Waals surface area contributed by atoms with Crippen molar-refractivity contribution in [2.75, 3.05) is 26.2 Å². The van der Waals surface area contributed by atoms with Crippen LogP contribution in [-0.2, 0) is 6.54 Å². The Hall–Kier alpha value is -2.14. The van der Waals surface area contributed by atoms with Gasteiger partial charge in [0, 0.05) is 43.8 Å². The second-order valence-electron chi connectivity index (χ2n) is 9.08. The molecule has 2 saturated heterocycles. The highest BCUT2D eigenvalue weighted by Crippen LogP contribution is 2.39. The molecule has 2 aliphatic rings. The number of hydrogen-bond acceptors (Lipinski definition) is 3. The third-order valence-electron chi connectivity index (χ3n) is 6.33. The van der Waals surface area contributed by atoms with Crippen molar-refractivity contribution in [3.8, 4) is 0 Å². The molecule has 150 valence electrons. The first-order valence-electron chi connectivity index (χ1n) is 10.6. The summed E-state index contributed by atoms with van der Waals surface area (Å²) >= 11 is 0. The van der Waals surface area contributed by atoms with Crippen LogP contribution in [0, 0.1) is 12.3 Å². The fraction of sp³-hybridized carbons (Fsp3) is 0.565. The number of benzene rings is 1. The van der Waals surface area contributed by atoms with Gasteiger partial charge < -0.3 is 4.90 Å². The van der Waals surface area contributed by atoms with Crippen molar-refractivity contribution in [2.24, 2.45) is 5.41 Å². The highest BCUT2D eigenvalue weighted by atomic mass is 16.2. The summed E-state index contributed by atoms with van der Waals surface area (Å²) in [4.78, 5) is 17.6. The minimum Gasteiger partial charge on any atom is -0.338 e. The molecular weight excluding hydrogens is 348 g/mol. The summed E-state index contributed by atoms with van der Waals surface area (Å²) in [5.41, 5.74) is 3.69. The lowest BCUT2D eigenvalue weighted by Gasteiger charge is -2.40. The van der Waals surface area contributed by atoms with Crippen LogP contribution in [0.3, 0.4) is 0 Å². The highest BCUT2D eigenvalue weighted by Gasteiger charge is 2.43. The lowest BCUT2D eigenvalue weighted by Crippen LogP contribution is -2.45. The molecule has 3 heterocycles. The van der Waals surface area contributed by atoms with Gasteiger partial charge in [-0.25, -0.2) is 0 Å². The van der Waals surface area contributed by atoms with E-state index in [4.69, 9.17) is 0 Å². The maximum Gasteiger partial charge on any atom is 0.257 e. The third-order valence-corrected chi connectivity index (χ3v) is 6.33. The number of likely N-dealkylation sites (tertiary alicyclic amines) is 2. The summed E-state index contributed by atoms with van der Waals surface area (Å²) in [5, 5.41) is 4.34. The minimum absolute atomic E-state index is 0.139. The van der Waals surface area contributed by atoms with E-state index in [0.29, 0.717) is 0 Å². The fourth-order valence-corrected chi connectivity index (χ4v) is 4.87. The van der Waals surface area contributed by atoms with Crippen molar-refractivity contribution in [3.63, 3.8) is 0 Å². The molecule has 1 aromatic heterocycles. The molecule has 2 aromatic rings. The largest absolute Gasteiger partial charge is 0.338 e. The second-order valence-corrected chi connectivity index (χ2v) is 9.08. The first kappa shape index (κ1) is 19.2. The van der Waals surface area contributed by atoms with Crippen molar-refractivity contribution in [3.05, 3.63) is 53.3 Å². The zero-order chi connectivity index (χ0) is 19.7. The van der Waals surface area contributed by atoms with Gasteiger partial charge in [-0.15, -0.1) is 0 Å². The topological polar surface area (TPSA) is 41.4 Å². The lowest BCUT2D eigenvalue weighted by molar-refractivity contribution is 0.0675. The fourth-order valence-electron chi connectivity index (χ4n) is 4.87. The summed E-state index contributed by atoms with van der Waals surface area (Å²) in [7, 11) is 0. The number of carbonyl (C=O) groups is 1. The first-order valence-corrected chi connectivity index (χ1v) is 10.6. The Kier molecular flexibility index (Phi) is 5.28. The van der Waals surface area contributed by atoms with Gasteiger partial charge in [-0.05, 0) is 52.1 Å². The summed E-state index contributed by atoms with van der Waals surface area (Å²) in [6, 6.07) is 9.10. The molecule has 0 bridgehead atoms. The van der Waals surface area contributed by atoms with Gasteiger partial charge in [-0.1, -0.05) is 29.8 Å². The Morgan fingerprint density at radius 1 is 1.21 bits per heavy atom. The van der Waals surface area contributed by atoms with Gasteiger partial charge in [-0.2, -0.15) is 5.10 Å². The number of amides is 1. The molecule has 1 aromatic carbocycles. The zero-order valence-corrected chi connectivity index (χ0v) is 17.4. The first-order chi connectivity index (χ1) is 13.4. The maximum absolute atomic E-state index is 13.0. The molecule has 28 heavy (non-hydrogen) atoms. The number of aryl methyl sites for hydroxylation is 1. The third kappa shape index (κ3) is 4.00. The molecule has 2 aliphatic heterocycles. The SMILES string of the molecule is Cc1cccc(CN2CCC[C@]3(CCN(C(=O)c4cnn(C(C)C)c4)C3)C2)c1. The maximum atomic E-state index is 13.0. The van der Waals surface area contributed by atoms with Gasteiger partial charge >= 0.3 is 0 Å². The number of aromatic nitrogens is 2. The van der Waals surface area contributed by atoms with Crippen LogP contribution in [0.2, 0.25) is 0 Å². The Labute approximate surface area is 168 Å². The van der Waals surface area contributed by atoms with Gasteiger partial charge in [0.25, 0.3) is 5.91 Å². The number of carbonyl (C=O) groups excluding carboxylic acids is 1. The zero-order valence-electron chi connectivity index (χ0n) is 17.4. The molecule has 1 atom stereocenters. The van der Waals surface area contributed by atoms with E-state index >= 15 is 0 Å². The number of hydrogen-bond donors (Lipinski definition) is 0. The van der Waals surface area contributed by atoms with E-state index in [0.717, 1.165) is 44.7 Å². The van der Waals surface area contributed by atoms with Gasteiger partial charge in [0.05, 0.1) is 11.8 Å². The second kappa shape index (κ2) is 7.70. The van der Waals surface area contributed by atoms with Gasteiger partial charge in [0.1, 0.15) is 0 Å². The molecule has 0 saturated carbocycles. The van der Waals surface area contributed by atoms with E-state index < -0.39 is 0 Å². The van der Waals surface area contributed by atoms with Crippen molar-refractivity contribution in [1.29, 1.82) is 0 Å². The molecule has 0 radical (unpaired) electrons.